The van der Waals surface area contributed by atoms with Gasteiger partial charge < -0.3 is 10.2 Å². The minimum Gasteiger partial charge on any atom is -0.352 e. The van der Waals surface area contributed by atoms with E-state index in [2.05, 4.69) is 128 Å². The smallest absolute Gasteiger partial charge is 0.259 e. The number of carbonyl (C=O) groups is 2. The molecule has 3 unspecified atom stereocenters. The second kappa shape index (κ2) is 29.0. The number of nitrogens with zero attached hydrogens (tertiary/aromatic N) is 1. The molecule has 3 atom stereocenters. The van der Waals surface area contributed by atoms with Crippen LogP contribution in [0.1, 0.15) is 259 Å². The van der Waals surface area contributed by atoms with Crippen LogP contribution < -0.4 is 5.32 Å². The molecule has 0 fully saturated rings. The normalized spacial score (nSPS) is 16.8. The summed E-state index contributed by atoms with van der Waals surface area (Å²) in [4.78, 5) is 40.8. The Morgan fingerprint density at radius 3 is 1.78 bits per heavy atom. The number of carbonyl (C=O) groups excluding carboxylic acids is 2. The largest absolute Gasteiger partial charge is 0.352 e. The monoisotopic (exact) mass is 1050 g/mol. The summed E-state index contributed by atoms with van der Waals surface area (Å²) in [5.74, 6) is 0.726. The van der Waals surface area contributed by atoms with Crippen LogP contribution in [0.4, 0.5) is 0 Å². The molecule has 4 nitrogen and oxygen atoms in total. The van der Waals surface area contributed by atoms with Crippen molar-refractivity contribution in [2.45, 2.75) is 251 Å². The van der Waals surface area contributed by atoms with Gasteiger partial charge in [-0.3, -0.25) is 9.59 Å². The third-order valence-corrected chi connectivity index (χ3v) is 21.2. The van der Waals surface area contributed by atoms with Crippen molar-refractivity contribution in [2.24, 2.45) is 11.8 Å². The zero-order chi connectivity index (χ0) is 51.7. The van der Waals surface area contributed by atoms with E-state index in [1.807, 2.05) is 34.4 Å². The zero-order valence-corrected chi connectivity index (χ0v) is 50.1. The van der Waals surface area contributed by atoms with Gasteiger partial charge >= 0.3 is 0 Å². The first-order valence-electron chi connectivity index (χ1n) is 29.2. The fraction of sp³-hybridized carbons (Fsp3) is 0.656. The molecule has 0 bridgehead atoms. The SMILES string of the molecule is CCCCCCCCC(CCCCCC)CNC(=O)C1=C(c2ccc(C3Cc4ccc5cc(C(C)(C)C)sc5c4S3)s2)N(CC(CCCCCC)CCCCCCCC)C(=O)C1=Cc1ccc(C(C)(C)C)s1. The maximum Gasteiger partial charge on any atom is 0.259 e. The van der Waals surface area contributed by atoms with Crippen molar-refractivity contribution in [1.82, 2.24) is 10.2 Å². The van der Waals surface area contributed by atoms with Crippen LogP contribution in [0.15, 0.2) is 58.5 Å². The minimum atomic E-state index is -0.0797. The first-order valence-corrected chi connectivity index (χ1v) is 32.5. The van der Waals surface area contributed by atoms with Crippen molar-refractivity contribution < 1.29 is 9.59 Å². The first kappa shape index (κ1) is 58.6. The molecule has 72 heavy (non-hydrogen) atoms. The van der Waals surface area contributed by atoms with Crippen LogP contribution in [-0.2, 0) is 26.8 Å². The number of fused-ring (bicyclic) bond motifs is 3. The summed E-state index contributed by atoms with van der Waals surface area (Å²) in [7, 11) is 0. The van der Waals surface area contributed by atoms with Crippen molar-refractivity contribution in [1.29, 1.82) is 0 Å². The van der Waals surface area contributed by atoms with Crippen molar-refractivity contribution in [2.75, 3.05) is 13.1 Å². The summed E-state index contributed by atoms with van der Waals surface area (Å²) in [6, 6.07) is 16.1. The summed E-state index contributed by atoms with van der Waals surface area (Å²) >= 11 is 7.56. The van der Waals surface area contributed by atoms with Gasteiger partial charge in [0.05, 0.1) is 21.7 Å². The summed E-state index contributed by atoms with van der Waals surface area (Å²) < 4.78 is 1.42. The lowest BCUT2D eigenvalue weighted by Gasteiger charge is -2.26. The Balaban J connectivity index is 1.40. The van der Waals surface area contributed by atoms with E-state index in [-0.39, 0.29) is 22.6 Å². The molecule has 0 aliphatic carbocycles. The Bertz CT molecular complexity index is 2360. The second-order valence-electron chi connectivity index (χ2n) is 23.7. The summed E-state index contributed by atoms with van der Waals surface area (Å²) in [6.07, 6.45) is 32.7. The maximum atomic E-state index is 15.6. The summed E-state index contributed by atoms with van der Waals surface area (Å²) in [5, 5.41) is 5.21. The van der Waals surface area contributed by atoms with E-state index in [0.717, 1.165) is 47.6 Å². The molecule has 2 amide bonds. The van der Waals surface area contributed by atoms with Gasteiger partial charge in [0.2, 0.25) is 0 Å². The molecule has 2 aliphatic heterocycles. The van der Waals surface area contributed by atoms with Gasteiger partial charge in [-0.15, -0.1) is 45.8 Å². The molecule has 0 saturated heterocycles. The number of amides is 2. The van der Waals surface area contributed by atoms with Crippen LogP contribution in [0.2, 0.25) is 0 Å². The predicted octanol–water partition coefficient (Wildman–Crippen LogP) is 20.4. The Kier molecular flexibility index (Phi) is 23.6. The maximum absolute atomic E-state index is 15.6. The number of unbranched alkanes of at least 4 members (excludes halogenated alkanes) is 16. The van der Waals surface area contributed by atoms with E-state index in [0.29, 0.717) is 41.3 Å². The lowest BCUT2D eigenvalue weighted by Crippen LogP contribution is -2.31. The molecular formula is C64H96N2O2S4. The fourth-order valence-electron chi connectivity index (χ4n) is 10.8. The highest BCUT2D eigenvalue weighted by Gasteiger charge is 2.41. The van der Waals surface area contributed by atoms with Gasteiger partial charge in [-0.25, -0.2) is 0 Å². The standard InChI is InChI=1S/C64H96N2O2S4/c1-11-15-19-23-25-29-32-46(31-27-21-17-13-3)44-65-61(67)57-51(43-50-37-40-55(69-50)63(5,6)7)62(68)66(45-47(33-28-22-18-14-4)34-30-26-24-20-16-12-2)58(57)53-39-38-52(70-53)54-41-48-35-36-49-42-56(64(8,9)10)72-60(49)59(48)71-54/h35-40,42-43,46-47,54H,11-34,41,44-45H2,1-10H3,(H,65,67). The molecule has 5 heterocycles. The zero-order valence-electron chi connectivity index (χ0n) is 46.8. The van der Waals surface area contributed by atoms with Gasteiger partial charge in [0.15, 0.2) is 0 Å². The van der Waals surface area contributed by atoms with Crippen LogP contribution in [0.3, 0.4) is 0 Å². The van der Waals surface area contributed by atoms with Gasteiger partial charge in [0.1, 0.15) is 0 Å². The predicted molar refractivity (Wildman–Crippen MR) is 320 cm³/mol. The van der Waals surface area contributed by atoms with Crippen molar-refractivity contribution >= 4 is 79.4 Å². The molecule has 0 saturated carbocycles. The Morgan fingerprint density at radius 2 is 1.21 bits per heavy atom. The quantitative estimate of drug-likeness (QED) is 0.0392. The fourth-order valence-corrected chi connectivity index (χ4v) is 15.8. The molecule has 398 valence electrons. The Labute approximate surface area is 455 Å². The number of hydrogen-bond donors (Lipinski definition) is 1. The number of nitrogens with one attached hydrogen (secondary N) is 1. The summed E-state index contributed by atoms with van der Waals surface area (Å²) in [5.41, 5.74) is 3.55. The van der Waals surface area contributed by atoms with Gasteiger partial charge in [-0.1, -0.05) is 210 Å². The molecule has 0 radical (unpaired) electrons. The summed E-state index contributed by atoms with van der Waals surface area (Å²) in [6.45, 7) is 24.2. The number of hydrogen-bond acceptors (Lipinski definition) is 6. The van der Waals surface area contributed by atoms with E-state index >= 15 is 9.59 Å². The van der Waals surface area contributed by atoms with E-state index in [9.17, 15) is 0 Å². The third kappa shape index (κ3) is 16.7. The third-order valence-electron chi connectivity index (χ3n) is 15.3. The number of rotatable bonds is 32. The molecule has 1 N–H and O–H groups in total. The van der Waals surface area contributed by atoms with Gasteiger partial charge in [0, 0.05) is 47.4 Å². The van der Waals surface area contributed by atoms with E-state index in [1.54, 1.807) is 11.3 Å². The Morgan fingerprint density at radius 1 is 0.653 bits per heavy atom. The lowest BCUT2D eigenvalue weighted by molar-refractivity contribution is -0.124. The van der Waals surface area contributed by atoms with Crippen molar-refractivity contribution in [3.63, 3.8) is 0 Å². The van der Waals surface area contributed by atoms with Crippen LogP contribution in [-0.4, -0.2) is 29.8 Å². The molecule has 6 rings (SSSR count). The minimum absolute atomic E-state index is 0.00195. The highest BCUT2D eigenvalue weighted by Crippen LogP contribution is 2.54. The topological polar surface area (TPSA) is 49.4 Å². The molecule has 8 heteroatoms. The van der Waals surface area contributed by atoms with Crippen LogP contribution >= 0.6 is 45.8 Å². The second-order valence-corrected chi connectivity index (χ2v) is 28.2. The highest BCUT2D eigenvalue weighted by molar-refractivity contribution is 8.00. The van der Waals surface area contributed by atoms with E-state index in [1.165, 1.54) is 164 Å². The highest BCUT2D eigenvalue weighted by atomic mass is 32.2. The Hall–Kier alpha value is -2.65. The average Bonchev–Trinajstić information content (AvgIpc) is 4.20. The number of thiophene rings is 3. The van der Waals surface area contributed by atoms with Crippen LogP contribution in [0, 0.1) is 11.8 Å². The lowest BCUT2D eigenvalue weighted by atomic mass is 9.93. The van der Waals surface area contributed by atoms with Crippen LogP contribution in [0.25, 0.3) is 21.9 Å². The van der Waals surface area contributed by atoms with E-state index in [4.69, 9.17) is 0 Å². The molecule has 3 aromatic heterocycles. The van der Waals surface area contributed by atoms with Crippen LogP contribution in [0.5, 0.6) is 0 Å². The number of thioether (sulfide) groups is 1. The molecule has 0 spiro atoms. The van der Waals surface area contributed by atoms with Gasteiger partial charge in [-0.05, 0) is 102 Å². The van der Waals surface area contributed by atoms with E-state index < -0.39 is 0 Å². The number of benzene rings is 1. The first-order chi connectivity index (χ1) is 34.7. The molecule has 1 aromatic carbocycles. The van der Waals surface area contributed by atoms with Crippen molar-refractivity contribution in [3.05, 3.63) is 83.6 Å². The van der Waals surface area contributed by atoms with Gasteiger partial charge in [0.25, 0.3) is 11.8 Å². The molecular weight excluding hydrogens is 957 g/mol. The van der Waals surface area contributed by atoms with Gasteiger partial charge in [-0.2, -0.15) is 0 Å². The average molecular weight is 1050 g/mol. The molecule has 4 aromatic rings. The van der Waals surface area contributed by atoms with Crippen molar-refractivity contribution in [3.8, 4) is 0 Å². The molecule has 2 aliphatic rings.